The van der Waals surface area contributed by atoms with Crippen LogP contribution in [0.1, 0.15) is 26.7 Å². The summed E-state index contributed by atoms with van der Waals surface area (Å²) in [4.78, 5) is 38.9. The number of Topliss-reactive ketones (excluding diaryl/α,β-unsaturated/α-hetero) is 2. The van der Waals surface area contributed by atoms with Crippen LogP contribution in [0, 0.1) is 0 Å². The average molecular weight is 296 g/mol. The first-order chi connectivity index (χ1) is 9.06. The van der Waals surface area contributed by atoms with E-state index in [9.17, 15) is 19.2 Å². The average Bonchev–Trinajstić information content (AvgIpc) is 2.25. The second-order valence-corrected chi connectivity index (χ2v) is 3.56. The molecule has 0 aromatic rings. The molecule has 20 heavy (non-hydrogen) atoms. The van der Waals surface area contributed by atoms with Crippen LogP contribution < -0.4 is 0 Å². The molecule has 0 spiro atoms. The fourth-order valence-electron chi connectivity index (χ4n) is 0.484. The fraction of sp³-hybridized carbons (Fsp3) is 0.636. The van der Waals surface area contributed by atoms with Gasteiger partial charge in [-0.1, -0.05) is 0 Å². The Labute approximate surface area is 115 Å². The summed E-state index contributed by atoms with van der Waals surface area (Å²) < 4.78 is 0. The first kappa shape index (κ1) is 23.3. The van der Waals surface area contributed by atoms with Gasteiger partial charge in [0.05, 0.1) is 13.2 Å². The summed E-state index contributed by atoms with van der Waals surface area (Å²) in [5.41, 5.74) is 0. The van der Waals surface area contributed by atoms with Crippen molar-refractivity contribution in [3.05, 3.63) is 0 Å². The number of carboxylic acids is 2. The van der Waals surface area contributed by atoms with Gasteiger partial charge in [0.25, 0.3) is 0 Å². The number of ketones is 2. The number of hydrogen-bond donors (Lipinski definition) is 5. The summed E-state index contributed by atoms with van der Waals surface area (Å²) in [5.74, 6) is -2.75. The molecule has 9 nitrogen and oxygen atoms in total. The molecule has 0 fully saturated rings. The van der Waals surface area contributed by atoms with Gasteiger partial charge in [-0.2, -0.15) is 0 Å². The maximum absolute atomic E-state index is 9.87. The number of rotatable bonds is 6. The summed E-state index contributed by atoms with van der Waals surface area (Å²) >= 11 is 0. The van der Waals surface area contributed by atoms with Gasteiger partial charge < -0.3 is 25.5 Å². The van der Waals surface area contributed by atoms with Gasteiger partial charge in [-0.25, -0.2) is 0 Å². The van der Waals surface area contributed by atoms with Crippen molar-refractivity contribution in [3.63, 3.8) is 0 Å². The monoisotopic (exact) mass is 296 g/mol. The summed E-state index contributed by atoms with van der Waals surface area (Å²) in [6.45, 7) is 1.76. The van der Waals surface area contributed by atoms with Gasteiger partial charge in [0.1, 0.15) is 30.5 Å². The minimum Gasteiger partial charge on any atom is -0.481 e. The highest BCUT2D eigenvalue weighted by Crippen LogP contribution is 1.78. The Morgan fingerprint density at radius 2 is 1.05 bits per heavy atom. The lowest BCUT2D eigenvalue weighted by Crippen LogP contribution is -2.15. The van der Waals surface area contributed by atoms with Crippen LogP contribution in [0.2, 0.25) is 0 Å². The minimum atomic E-state index is -1.06. The van der Waals surface area contributed by atoms with Gasteiger partial charge in [0, 0.05) is 0 Å². The van der Waals surface area contributed by atoms with E-state index in [1.807, 2.05) is 0 Å². The molecule has 5 N–H and O–H groups in total. The Morgan fingerprint density at radius 3 is 1.05 bits per heavy atom. The van der Waals surface area contributed by atoms with Crippen LogP contribution in [0.25, 0.3) is 0 Å². The van der Waals surface area contributed by atoms with Crippen molar-refractivity contribution in [2.24, 2.45) is 0 Å². The SMILES string of the molecule is CC(=O)CC(=O)O.CC(=O)CC(=O)O.OCC(O)CO. The Kier molecular flexibility index (Phi) is 17.7. The van der Waals surface area contributed by atoms with Crippen molar-refractivity contribution in [2.75, 3.05) is 13.2 Å². The van der Waals surface area contributed by atoms with Crippen LogP contribution in [0.3, 0.4) is 0 Å². The van der Waals surface area contributed by atoms with Gasteiger partial charge in [-0.3, -0.25) is 19.2 Å². The summed E-state index contributed by atoms with van der Waals surface area (Å²) in [6, 6.07) is 0. The molecular formula is C11H20O9. The standard InChI is InChI=1S/2C4H6O3.C3H8O3/c2*1-3(5)2-4(6)7;4-1-3(6)2-5/h2*2H2,1H3,(H,6,7);3-6H,1-2H2. The molecule has 0 saturated heterocycles. The zero-order chi connectivity index (χ0) is 16.7. The van der Waals surface area contributed by atoms with Crippen molar-refractivity contribution in [1.29, 1.82) is 0 Å². The first-order valence-electron chi connectivity index (χ1n) is 5.39. The molecule has 0 aromatic carbocycles. The Bertz CT molecular complexity index is 257. The zero-order valence-electron chi connectivity index (χ0n) is 11.3. The third kappa shape index (κ3) is 36.0. The Hall–Kier alpha value is -1.84. The molecule has 0 bridgehead atoms. The lowest BCUT2D eigenvalue weighted by atomic mass is 10.3. The molecule has 9 heteroatoms. The van der Waals surface area contributed by atoms with Crippen LogP contribution in [-0.2, 0) is 19.2 Å². The van der Waals surface area contributed by atoms with Crippen molar-refractivity contribution in [2.45, 2.75) is 32.8 Å². The largest absolute Gasteiger partial charge is 0.481 e. The predicted molar refractivity (Wildman–Crippen MR) is 66.0 cm³/mol. The van der Waals surface area contributed by atoms with E-state index in [0.29, 0.717) is 0 Å². The highest BCUT2D eigenvalue weighted by molar-refractivity contribution is 5.93. The summed E-state index contributed by atoms with van der Waals surface area (Å²) in [6.07, 6.45) is -1.68. The van der Waals surface area contributed by atoms with Gasteiger partial charge in [-0.15, -0.1) is 0 Å². The van der Waals surface area contributed by atoms with Crippen LogP contribution in [0.4, 0.5) is 0 Å². The number of carbonyl (C=O) groups excluding carboxylic acids is 2. The van der Waals surface area contributed by atoms with Crippen molar-refractivity contribution >= 4 is 23.5 Å². The molecule has 0 aliphatic heterocycles. The van der Waals surface area contributed by atoms with E-state index in [2.05, 4.69) is 0 Å². The van der Waals surface area contributed by atoms with Gasteiger partial charge in [-0.05, 0) is 13.8 Å². The number of aliphatic hydroxyl groups excluding tert-OH is 3. The maximum atomic E-state index is 9.87. The second-order valence-electron chi connectivity index (χ2n) is 3.56. The number of aliphatic hydroxyl groups is 3. The Balaban J connectivity index is -0.000000218. The van der Waals surface area contributed by atoms with E-state index in [4.69, 9.17) is 25.5 Å². The van der Waals surface area contributed by atoms with Gasteiger partial charge in [0.15, 0.2) is 0 Å². The molecule has 0 aromatic heterocycles. The molecule has 0 amide bonds. The molecular weight excluding hydrogens is 276 g/mol. The van der Waals surface area contributed by atoms with E-state index >= 15 is 0 Å². The van der Waals surface area contributed by atoms with E-state index < -0.39 is 18.0 Å². The van der Waals surface area contributed by atoms with Crippen molar-refractivity contribution in [3.8, 4) is 0 Å². The maximum Gasteiger partial charge on any atom is 0.310 e. The molecule has 0 heterocycles. The number of hydrogen-bond acceptors (Lipinski definition) is 7. The smallest absolute Gasteiger partial charge is 0.310 e. The number of carbonyl (C=O) groups is 4. The van der Waals surface area contributed by atoms with E-state index in [1.54, 1.807) is 0 Å². The van der Waals surface area contributed by atoms with Crippen molar-refractivity contribution < 1.29 is 44.7 Å². The van der Waals surface area contributed by atoms with Crippen molar-refractivity contribution in [1.82, 2.24) is 0 Å². The molecule has 0 rings (SSSR count). The third-order valence-electron chi connectivity index (χ3n) is 1.22. The van der Waals surface area contributed by atoms with Gasteiger partial charge in [0.2, 0.25) is 0 Å². The normalized spacial score (nSPS) is 8.70. The molecule has 0 atom stereocenters. The predicted octanol–water partition coefficient (Wildman–Crippen LogP) is -1.57. The van der Waals surface area contributed by atoms with E-state index in [-0.39, 0.29) is 37.6 Å². The number of aliphatic carboxylic acids is 2. The molecule has 0 radical (unpaired) electrons. The lowest BCUT2D eigenvalue weighted by molar-refractivity contribution is -0.141. The Morgan fingerprint density at radius 1 is 0.800 bits per heavy atom. The molecule has 0 aliphatic carbocycles. The van der Waals surface area contributed by atoms with Gasteiger partial charge >= 0.3 is 11.9 Å². The zero-order valence-corrected chi connectivity index (χ0v) is 11.3. The quantitative estimate of drug-likeness (QED) is 0.363. The highest BCUT2D eigenvalue weighted by atomic mass is 16.4. The first-order valence-corrected chi connectivity index (χ1v) is 5.39. The fourth-order valence-corrected chi connectivity index (χ4v) is 0.484. The van der Waals surface area contributed by atoms with Crippen LogP contribution in [-0.4, -0.2) is 68.4 Å². The number of carboxylic acid groups (broad SMARTS) is 2. The highest BCUT2D eigenvalue weighted by Gasteiger charge is 1.98. The molecule has 0 unspecified atom stereocenters. The van der Waals surface area contributed by atoms with Crippen LogP contribution in [0.15, 0.2) is 0 Å². The molecule has 118 valence electrons. The third-order valence-corrected chi connectivity index (χ3v) is 1.22. The van der Waals surface area contributed by atoms with E-state index in [1.165, 1.54) is 13.8 Å². The minimum absolute atomic E-state index is 0.312. The van der Waals surface area contributed by atoms with Crippen LogP contribution >= 0.6 is 0 Å². The molecule has 0 aliphatic rings. The summed E-state index contributed by atoms with van der Waals surface area (Å²) in [7, 11) is 0. The van der Waals surface area contributed by atoms with Crippen LogP contribution in [0.5, 0.6) is 0 Å². The molecule has 0 saturated carbocycles. The second kappa shape index (κ2) is 15.2. The summed E-state index contributed by atoms with van der Waals surface area (Å²) in [5, 5.41) is 39.7. The lowest BCUT2D eigenvalue weighted by Gasteiger charge is -1.96. The topological polar surface area (TPSA) is 169 Å². The van der Waals surface area contributed by atoms with E-state index in [0.717, 1.165) is 0 Å².